The van der Waals surface area contributed by atoms with Gasteiger partial charge in [-0.15, -0.1) is 0 Å². The summed E-state index contributed by atoms with van der Waals surface area (Å²) < 4.78 is 5.11. The molecule has 0 radical (unpaired) electrons. The topological polar surface area (TPSA) is 55.6 Å². The van der Waals surface area contributed by atoms with E-state index >= 15 is 0 Å². The van der Waals surface area contributed by atoms with E-state index < -0.39 is 0 Å². The molecule has 0 saturated carbocycles. The molecule has 0 aliphatic carbocycles. The van der Waals surface area contributed by atoms with Crippen molar-refractivity contribution in [2.24, 2.45) is 0 Å². The van der Waals surface area contributed by atoms with Gasteiger partial charge in [-0.3, -0.25) is 10.1 Å². The highest BCUT2D eigenvalue weighted by Gasteiger charge is 2.21. The van der Waals surface area contributed by atoms with Crippen LogP contribution < -0.4 is 4.74 Å². The molecule has 5 nitrogen and oxygen atoms in total. The molecule has 1 aliphatic heterocycles. The number of nitro groups is 1. The molecule has 0 spiro atoms. The van der Waals surface area contributed by atoms with Gasteiger partial charge in [0.25, 0.3) is 0 Å². The fraction of sp³-hybridized carbons (Fsp3) is 0.538. The predicted molar refractivity (Wildman–Crippen MR) is 69.2 cm³/mol. The average molecular weight is 250 g/mol. The van der Waals surface area contributed by atoms with Gasteiger partial charge in [0.1, 0.15) is 0 Å². The third-order valence-electron chi connectivity index (χ3n) is 3.54. The van der Waals surface area contributed by atoms with E-state index in [0.29, 0.717) is 5.75 Å². The van der Waals surface area contributed by atoms with Crippen LogP contribution in [-0.2, 0) is 12.8 Å². The second-order valence-corrected chi connectivity index (χ2v) is 4.48. The van der Waals surface area contributed by atoms with Crippen LogP contribution in [-0.4, -0.2) is 36.6 Å². The van der Waals surface area contributed by atoms with E-state index in [1.807, 2.05) is 6.07 Å². The van der Waals surface area contributed by atoms with Crippen molar-refractivity contribution >= 4 is 5.69 Å². The summed E-state index contributed by atoms with van der Waals surface area (Å²) in [5.41, 5.74) is 2.33. The summed E-state index contributed by atoms with van der Waals surface area (Å²) in [6.45, 7) is 5.13. The Balaban J connectivity index is 2.37. The molecule has 98 valence electrons. The fourth-order valence-corrected chi connectivity index (χ4v) is 2.41. The van der Waals surface area contributed by atoms with Crippen LogP contribution in [0.1, 0.15) is 18.1 Å². The standard InChI is InChI=1S/C13H18N2O3/c1-3-14-6-4-10-8-12(15(16)17)13(18-2)9-11(10)5-7-14/h8-9H,3-7H2,1-2H3. The highest BCUT2D eigenvalue weighted by molar-refractivity contribution is 5.52. The number of rotatable bonds is 3. The van der Waals surface area contributed by atoms with E-state index in [1.165, 1.54) is 12.7 Å². The lowest BCUT2D eigenvalue weighted by Gasteiger charge is -2.16. The summed E-state index contributed by atoms with van der Waals surface area (Å²) in [6.07, 6.45) is 1.80. The van der Waals surface area contributed by atoms with E-state index in [2.05, 4.69) is 11.8 Å². The zero-order valence-electron chi connectivity index (χ0n) is 10.8. The quantitative estimate of drug-likeness (QED) is 0.608. The first-order valence-corrected chi connectivity index (χ1v) is 6.22. The summed E-state index contributed by atoms with van der Waals surface area (Å²) in [5, 5.41) is 11.0. The largest absolute Gasteiger partial charge is 0.490 e. The molecular weight excluding hydrogens is 232 g/mol. The van der Waals surface area contributed by atoms with Crippen LogP contribution in [0.4, 0.5) is 5.69 Å². The molecule has 0 saturated heterocycles. The smallest absolute Gasteiger partial charge is 0.311 e. The van der Waals surface area contributed by atoms with Gasteiger partial charge in [-0.05, 0) is 36.6 Å². The van der Waals surface area contributed by atoms with Gasteiger partial charge in [-0.2, -0.15) is 0 Å². The summed E-state index contributed by atoms with van der Waals surface area (Å²) in [6, 6.07) is 3.50. The molecule has 1 aliphatic rings. The summed E-state index contributed by atoms with van der Waals surface area (Å²) in [4.78, 5) is 13.0. The molecule has 0 atom stereocenters. The van der Waals surface area contributed by atoms with Crippen LogP contribution in [0.5, 0.6) is 5.75 Å². The molecule has 1 heterocycles. The second-order valence-electron chi connectivity index (χ2n) is 4.48. The molecular formula is C13H18N2O3. The molecule has 0 fully saturated rings. The Kier molecular flexibility index (Phi) is 3.81. The number of methoxy groups -OCH3 is 1. The van der Waals surface area contributed by atoms with Crippen molar-refractivity contribution in [3.8, 4) is 5.75 Å². The van der Waals surface area contributed by atoms with Crippen molar-refractivity contribution in [3.63, 3.8) is 0 Å². The normalized spacial score (nSPS) is 15.9. The Morgan fingerprint density at radius 3 is 2.44 bits per heavy atom. The van der Waals surface area contributed by atoms with Gasteiger partial charge in [-0.25, -0.2) is 0 Å². The van der Waals surface area contributed by atoms with Gasteiger partial charge in [0.05, 0.1) is 12.0 Å². The number of ether oxygens (including phenoxy) is 1. The Labute approximate surface area is 107 Å². The van der Waals surface area contributed by atoms with Crippen LogP contribution in [0.15, 0.2) is 12.1 Å². The highest BCUT2D eigenvalue weighted by atomic mass is 16.6. The van der Waals surface area contributed by atoms with Crippen LogP contribution in [0.25, 0.3) is 0 Å². The van der Waals surface area contributed by atoms with Crippen molar-refractivity contribution in [1.82, 2.24) is 4.90 Å². The van der Waals surface area contributed by atoms with E-state index in [9.17, 15) is 10.1 Å². The number of hydrogen-bond acceptors (Lipinski definition) is 4. The maximum absolute atomic E-state index is 11.0. The SMILES string of the molecule is CCN1CCc2cc(OC)c([N+](=O)[O-])cc2CC1. The number of nitro benzene ring substituents is 1. The number of nitrogens with zero attached hydrogens (tertiary/aromatic N) is 2. The van der Waals surface area contributed by atoms with Gasteiger partial charge in [-0.1, -0.05) is 6.92 Å². The maximum atomic E-state index is 11.0. The van der Waals surface area contributed by atoms with Gasteiger partial charge in [0.2, 0.25) is 0 Å². The Hall–Kier alpha value is -1.62. The molecule has 0 aromatic heterocycles. The fourth-order valence-electron chi connectivity index (χ4n) is 2.41. The van der Waals surface area contributed by atoms with Crippen LogP contribution >= 0.6 is 0 Å². The second kappa shape index (κ2) is 5.35. The highest BCUT2D eigenvalue weighted by Crippen LogP contribution is 2.31. The van der Waals surface area contributed by atoms with Crippen molar-refractivity contribution in [2.45, 2.75) is 19.8 Å². The van der Waals surface area contributed by atoms with Crippen molar-refractivity contribution in [3.05, 3.63) is 33.4 Å². The molecule has 1 aromatic carbocycles. The summed E-state index contributed by atoms with van der Waals surface area (Å²) >= 11 is 0. The summed E-state index contributed by atoms with van der Waals surface area (Å²) in [7, 11) is 1.48. The zero-order chi connectivity index (χ0) is 13.1. The predicted octanol–water partition coefficient (Wildman–Crippen LogP) is 2.02. The minimum atomic E-state index is -0.373. The third-order valence-corrected chi connectivity index (χ3v) is 3.54. The van der Waals surface area contributed by atoms with Gasteiger partial charge in [0.15, 0.2) is 5.75 Å². The molecule has 1 aromatic rings. The Morgan fingerprint density at radius 2 is 1.94 bits per heavy atom. The van der Waals surface area contributed by atoms with Crippen molar-refractivity contribution in [1.29, 1.82) is 0 Å². The van der Waals surface area contributed by atoms with E-state index in [-0.39, 0.29) is 10.6 Å². The average Bonchev–Trinajstić information content (AvgIpc) is 2.58. The minimum absolute atomic E-state index is 0.0706. The maximum Gasteiger partial charge on any atom is 0.311 e. The molecule has 5 heteroatoms. The van der Waals surface area contributed by atoms with Gasteiger partial charge < -0.3 is 9.64 Å². The van der Waals surface area contributed by atoms with Crippen molar-refractivity contribution in [2.75, 3.05) is 26.7 Å². The van der Waals surface area contributed by atoms with E-state index in [0.717, 1.165) is 38.0 Å². The Morgan fingerprint density at radius 1 is 1.33 bits per heavy atom. The molecule has 2 rings (SSSR count). The van der Waals surface area contributed by atoms with Crippen LogP contribution in [0.3, 0.4) is 0 Å². The van der Waals surface area contributed by atoms with Crippen molar-refractivity contribution < 1.29 is 9.66 Å². The number of benzene rings is 1. The van der Waals surface area contributed by atoms with E-state index in [4.69, 9.17) is 4.74 Å². The first-order valence-electron chi connectivity index (χ1n) is 6.22. The molecule has 0 unspecified atom stereocenters. The molecule has 18 heavy (non-hydrogen) atoms. The van der Waals surface area contributed by atoms with Crippen LogP contribution in [0.2, 0.25) is 0 Å². The lowest BCUT2D eigenvalue weighted by Crippen LogP contribution is -2.25. The summed E-state index contributed by atoms with van der Waals surface area (Å²) in [5.74, 6) is 0.365. The minimum Gasteiger partial charge on any atom is -0.490 e. The Bertz CT molecular complexity index is 460. The molecule has 0 N–H and O–H groups in total. The van der Waals surface area contributed by atoms with Gasteiger partial charge >= 0.3 is 5.69 Å². The van der Waals surface area contributed by atoms with E-state index in [1.54, 1.807) is 6.07 Å². The molecule has 0 amide bonds. The lowest BCUT2D eigenvalue weighted by atomic mass is 10.0. The monoisotopic (exact) mass is 250 g/mol. The van der Waals surface area contributed by atoms with Crippen LogP contribution in [0, 0.1) is 10.1 Å². The number of hydrogen-bond donors (Lipinski definition) is 0. The first kappa shape index (κ1) is 12.8. The molecule has 0 bridgehead atoms. The third kappa shape index (κ3) is 2.46. The zero-order valence-corrected chi connectivity index (χ0v) is 10.8. The number of fused-ring (bicyclic) bond motifs is 1. The first-order chi connectivity index (χ1) is 8.65. The number of likely N-dealkylation sites (N-methyl/N-ethyl adjacent to an activating group) is 1. The van der Waals surface area contributed by atoms with Gasteiger partial charge in [0, 0.05) is 19.2 Å². The lowest BCUT2D eigenvalue weighted by molar-refractivity contribution is -0.385.